The molecule has 0 aliphatic rings. The van der Waals surface area contributed by atoms with Crippen LogP contribution in [0.25, 0.3) is 0 Å². The molecule has 0 aromatic carbocycles. The second-order valence-corrected chi connectivity index (χ2v) is 7.15. The smallest absolute Gasteiger partial charge is 0.342 e. The lowest BCUT2D eigenvalue weighted by atomic mass is 10.3. The third kappa shape index (κ3) is 8.80. The Bertz CT molecular complexity index is 366. The van der Waals surface area contributed by atoms with E-state index in [0.29, 0.717) is 6.54 Å². The van der Waals surface area contributed by atoms with Gasteiger partial charge < -0.3 is 19.6 Å². The summed E-state index contributed by atoms with van der Waals surface area (Å²) in [6, 6.07) is 0. The molecule has 0 bridgehead atoms. The van der Waals surface area contributed by atoms with E-state index in [1.807, 2.05) is 6.92 Å². The first-order valence-corrected chi connectivity index (χ1v) is 8.71. The van der Waals surface area contributed by atoms with Gasteiger partial charge in [-0.1, -0.05) is 13.3 Å². The summed E-state index contributed by atoms with van der Waals surface area (Å²) in [7, 11) is -9.41. The predicted molar refractivity (Wildman–Crippen MR) is 65.0 cm³/mol. The molecular weight excluding hydrogens is 284 g/mol. The number of carbonyl (C=O) groups excluding carboxylic acids is 1. The highest BCUT2D eigenvalue weighted by molar-refractivity contribution is 7.63. The molecular formula is C8H19NO7P2. The van der Waals surface area contributed by atoms with Crippen molar-refractivity contribution in [2.24, 2.45) is 0 Å². The Hall–Kier alpha value is -0.230. The van der Waals surface area contributed by atoms with Gasteiger partial charge in [-0.2, -0.15) is 0 Å². The van der Waals surface area contributed by atoms with Gasteiger partial charge in [-0.15, -0.1) is 0 Å². The molecule has 0 heterocycles. The van der Waals surface area contributed by atoms with Gasteiger partial charge in [-0.25, -0.2) is 8.88 Å². The summed E-state index contributed by atoms with van der Waals surface area (Å²) >= 11 is 0. The highest BCUT2D eigenvalue weighted by atomic mass is 31.3. The molecule has 1 unspecified atom stereocenters. The molecule has 0 aromatic heterocycles. The van der Waals surface area contributed by atoms with Crippen molar-refractivity contribution in [1.29, 1.82) is 0 Å². The van der Waals surface area contributed by atoms with Crippen LogP contribution in [-0.2, 0) is 18.2 Å². The zero-order valence-electron chi connectivity index (χ0n) is 10.4. The van der Waals surface area contributed by atoms with Gasteiger partial charge >= 0.3 is 15.4 Å². The molecule has 0 saturated carbocycles. The second kappa shape index (κ2) is 7.38. The van der Waals surface area contributed by atoms with Crippen LogP contribution in [0.1, 0.15) is 26.7 Å². The Kier molecular flexibility index (Phi) is 7.29. The Labute approximate surface area is 106 Å². The fraction of sp³-hybridized carbons (Fsp3) is 0.875. The normalized spacial score (nSPS) is 15.2. The summed E-state index contributed by atoms with van der Waals surface area (Å²) in [5, 5.41) is 0. The number of rotatable bonds is 8. The highest BCUT2D eigenvalue weighted by Gasteiger charge is 2.31. The van der Waals surface area contributed by atoms with Gasteiger partial charge in [0.05, 0.1) is 6.16 Å². The van der Waals surface area contributed by atoms with E-state index in [4.69, 9.17) is 9.79 Å². The van der Waals surface area contributed by atoms with Crippen LogP contribution in [0.5, 0.6) is 0 Å². The van der Waals surface area contributed by atoms with Crippen LogP contribution < -0.4 is 0 Å². The van der Waals surface area contributed by atoms with Crippen molar-refractivity contribution in [2.45, 2.75) is 26.7 Å². The standard InChI is InChI=1S/C8H19NO7P2/c1-3-4-5-9(8(2)10)6-7-17(11,12)16-18(13,14)15/h3-7H2,1-2H3,(H,11,12)(H2,13,14,15). The van der Waals surface area contributed by atoms with Gasteiger partial charge in [0, 0.05) is 20.0 Å². The van der Waals surface area contributed by atoms with Gasteiger partial charge in [-0.3, -0.25) is 9.36 Å². The van der Waals surface area contributed by atoms with Crippen molar-refractivity contribution in [3.05, 3.63) is 0 Å². The summed E-state index contributed by atoms with van der Waals surface area (Å²) in [5.41, 5.74) is 0. The van der Waals surface area contributed by atoms with E-state index in [0.717, 1.165) is 12.8 Å². The van der Waals surface area contributed by atoms with Crippen LogP contribution in [0.4, 0.5) is 0 Å². The molecule has 8 nitrogen and oxygen atoms in total. The number of nitrogens with zero attached hydrogens (tertiary/aromatic N) is 1. The van der Waals surface area contributed by atoms with Crippen molar-refractivity contribution in [2.75, 3.05) is 19.3 Å². The topological polar surface area (TPSA) is 124 Å². The minimum atomic E-state index is -5.01. The van der Waals surface area contributed by atoms with E-state index < -0.39 is 21.6 Å². The first-order valence-electron chi connectivity index (χ1n) is 5.41. The third-order valence-electron chi connectivity index (χ3n) is 2.11. The van der Waals surface area contributed by atoms with Gasteiger partial charge in [0.25, 0.3) is 0 Å². The molecule has 0 spiro atoms. The number of unbranched alkanes of at least 4 members (excludes halogenated alkanes) is 1. The molecule has 10 heteroatoms. The maximum absolute atomic E-state index is 11.3. The fourth-order valence-corrected chi connectivity index (χ4v) is 3.38. The number of hydrogen-bond donors (Lipinski definition) is 3. The Morgan fingerprint density at radius 3 is 2.17 bits per heavy atom. The Morgan fingerprint density at radius 2 is 1.78 bits per heavy atom. The minimum Gasteiger partial charge on any atom is -0.342 e. The third-order valence-corrected chi connectivity index (χ3v) is 4.75. The number of carbonyl (C=O) groups is 1. The van der Waals surface area contributed by atoms with Crippen LogP contribution in [0.2, 0.25) is 0 Å². The Balaban J connectivity index is 4.38. The molecule has 0 fully saturated rings. The SMILES string of the molecule is CCCCN(CCP(=O)(O)OP(=O)(O)O)C(C)=O. The molecule has 0 rings (SSSR count). The molecule has 1 atom stereocenters. The van der Waals surface area contributed by atoms with E-state index in [2.05, 4.69) is 4.31 Å². The fourth-order valence-electron chi connectivity index (χ4n) is 1.23. The second-order valence-electron chi connectivity index (χ2n) is 3.79. The Morgan fingerprint density at radius 1 is 1.22 bits per heavy atom. The number of amides is 1. The largest absolute Gasteiger partial charge is 0.476 e. The molecule has 108 valence electrons. The average Bonchev–Trinajstić information content (AvgIpc) is 2.13. The lowest BCUT2D eigenvalue weighted by Crippen LogP contribution is -2.32. The van der Waals surface area contributed by atoms with Crippen molar-refractivity contribution in [3.8, 4) is 0 Å². The van der Waals surface area contributed by atoms with E-state index in [-0.39, 0.29) is 12.5 Å². The van der Waals surface area contributed by atoms with Crippen molar-refractivity contribution < 1.29 is 32.9 Å². The summed E-state index contributed by atoms with van der Waals surface area (Å²) in [6.07, 6.45) is 1.09. The summed E-state index contributed by atoms with van der Waals surface area (Å²) in [5.74, 6) is -0.264. The van der Waals surface area contributed by atoms with Crippen molar-refractivity contribution >= 4 is 21.3 Å². The van der Waals surface area contributed by atoms with E-state index in [1.54, 1.807) is 0 Å². The van der Waals surface area contributed by atoms with Gasteiger partial charge in [0.1, 0.15) is 0 Å². The maximum Gasteiger partial charge on any atom is 0.476 e. The summed E-state index contributed by atoms with van der Waals surface area (Å²) in [6.45, 7) is 3.61. The van der Waals surface area contributed by atoms with Crippen LogP contribution in [0, 0.1) is 0 Å². The highest BCUT2D eigenvalue weighted by Crippen LogP contribution is 2.56. The van der Waals surface area contributed by atoms with E-state index in [9.17, 15) is 18.8 Å². The molecule has 0 radical (unpaired) electrons. The zero-order chi connectivity index (χ0) is 14.4. The average molecular weight is 303 g/mol. The summed E-state index contributed by atoms with van der Waals surface area (Å²) in [4.78, 5) is 38.7. The monoisotopic (exact) mass is 303 g/mol. The summed E-state index contributed by atoms with van der Waals surface area (Å²) < 4.78 is 25.6. The zero-order valence-corrected chi connectivity index (χ0v) is 12.1. The maximum atomic E-state index is 11.3. The quantitative estimate of drug-likeness (QED) is 0.570. The molecule has 0 saturated heterocycles. The van der Waals surface area contributed by atoms with Crippen LogP contribution in [0.15, 0.2) is 0 Å². The number of hydrogen-bond acceptors (Lipinski definition) is 4. The molecule has 0 aromatic rings. The van der Waals surface area contributed by atoms with Crippen molar-refractivity contribution in [3.63, 3.8) is 0 Å². The molecule has 18 heavy (non-hydrogen) atoms. The first-order chi connectivity index (χ1) is 8.07. The van der Waals surface area contributed by atoms with Gasteiger partial charge in [0.2, 0.25) is 5.91 Å². The van der Waals surface area contributed by atoms with E-state index in [1.165, 1.54) is 11.8 Å². The lowest BCUT2D eigenvalue weighted by Gasteiger charge is -2.22. The number of phosphoric acid groups is 1. The van der Waals surface area contributed by atoms with Gasteiger partial charge in [0.15, 0.2) is 0 Å². The van der Waals surface area contributed by atoms with E-state index >= 15 is 0 Å². The lowest BCUT2D eigenvalue weighted by molar-refractivity contribution is -0.128. The van der Waals surface area contributed by atoms with Crippen LogP contribution in [0.3, 0.4) is 0 Å². The van der Waals surface area contributed by atoms with Crippen LogP contribution >= 0.6 is 15.4 Å². The van der Waals surface area contributed by atoms with Crippen molar-refractivity contribution in [1.82, 2.24) is 4.90 Å². The minimum absolute atomic E-state index is 0.0802. The molecule has 1 amide bonds. The van der Waals surface area contributed by atoms with Gasteiger partial charge in [-0.05, 0) is 6.42 Å². The molecule has 3 N–H and O–H groups in total. The molecule has 0 aliphatic heterocycles. The molecule has 0 aliphatic carbocycles. The van der Waals surface area contributed by atoms with Crippen LogP contribution in [-0.4, -0.2) is 44.7 Å². The first kappa shape index (κ1) is 17.8. The predicted octanol–water partition coefficient (Wildman–Crippen LogP) is 0.930.